The summed E-state index contributed by atoms with van der Waals surface area (Å²) in [5, 5.41) is 8.60. The van der Waals surface area contributed by atoms with E-state index in [2.05, 4.69) is 0 Å². The van der Waals surface area contributed by atoms with Gasteiger partial charge >= 0.3 is 5.97 Å². The molecule has 0 aromatic heterocycles. The van der Waals surface area contributed by atoms with Crippen LogP contribution in [-0.2, 0) is 4.79 Å². The van der Waals surface area contributed by atoms with Gasteiger partial charge in [0.05, 0.1) is 0 Å². The van der Waals surface area contributed by atoms with Crippen LogP contribution in [-0.4, -0.2) is 11.1 Å². The molecule has 0 fully saturated rings. The lowest BCUT2D eigenvalue weighted by molar-refractivity contribution is -0.138. The Kier molecular flexibility index (Phi) is 4.45. The fraction of sp³-hybridized carbons (Fsp3) is 0.222. The monoisotopic (exact) mass is 201 g/mol. The number of halogens is 1. The third kappa shape index (κ3) is 3.05. The summed E-state index contributed by atoms with van der Waals surface area (Å²) in [6.45, 7) is 1.90. The zero-order valence-corrected chi connectivity index (χ0v) is 8.04. The van der Waals surface area contributed by atoms with Crippen molar-refractivity contribution in [1.82, 2.24) is 0 Å². The number of aryl methyl sites for hydroxylation is 1. The van der Waals surface area contributed by atoms with Gasteiger partial charge < -0.3 is 10.8 Å². The van der Waals surface area contributed by atoms with Gasteiger partial charge in [-0.3, -0.25) is 4.79 Å². The Hall–Kier alpha value is -1.06. The van der Waals surface area contributed by atoms with E-state index in [1.165, 1.54) is 0 Å². The molecule has 0 heterocycles. The first-order chi connectivity index (χ1) is 5.61. The van der Waals surface area contributed by atoms with E-state index in [1.807, 2.05) is 13.0 Å². The normalized spacial score (nSPS) is 11.5. The van der Waals surface area contributed by atoms with E-state index in [1.54, 1.807) is 18.2 Å². The zero-order valence-electron chi connectivity index (χ0n) is 7.23. The molecular weight excluding hydrogens is 190 g/mol. The molecule has 0 aliphatic heterocycles. The van der Waals surface area contributed by atoms with Crippen LogP contribution in [0.4, 0.5) is 0 Å². The van der Waals surface area contributed by atoms with Gasteiger partial charge in [0.2, 0.25) is 0 Å². The summed E-state index contributed by atoms with van der Waals surface area (Å²) in [7, 11) is 0. The molecule has 1 aromatic rings. The first kappa shape index (κ1) is 11.9. The van der Waals surface area contributed by atoms with Crippen molar-refractivity contribution in [2.45, 2.75) is 13.0 Å². The summed E-state index contributed by atoms with van der Waals surface area (Å²) < 4.78 is 0. The number of hydrogen-bond acceptors (Lipinski definition) is 2. The minimum Gasteiger partial charge on any atom is -0.480 e. The molecule has 1 rings (SSSR count). The van der Waals surface area contributed by atoms with Gasteiger partial charge in [-0.15, -0.1) is 12.4 Å². The number of carboxylic acids is 1. The molecule has 13 heavy (non-hydrogen) atoms. The molecule has 0 amide bonds. The highest BCUT2D eigenvalue weighted by Crippen LogP contribution is 2.11. The summed E-state index contributed by atoms with van der Waals surface area (Å²) in [5.74, 6) is -0.999. The summed E-state index contributed by atoms with van der Waals surface area (Å²) >= 11 is 0. The maximum absolute atomic E-state index is 10.5. The highest BCUT2D eigenvalue weighted by Gasteiger charge is 2.13. The van der Waals surface area contributed by atoms with Crippen molar-refractivity contribution in [3.8, 4) is 0 Å². The van der Waals surface area contributed by atoms with E-state index < -0.39 is 12.0 Å². The second kappa shape index (κ2) is 4.84. The van der Waals surface area contributed by atoms with E-state index in [9.17, 15) is 4.79 Å². The molecule has 0 bridgehead atoms. The highest BCUT2D eigenvalue weighted by molar-refractivity contribution is 5.85. The van der Waals surface area contributed by atoms with Crippen LogP contribution in [0.5, 0.6) is 0 Å². The lowest BCUT2D eigenvalue weighted by atomic mass is 10.1. The van der Waals surface area contributed by atoms with E-state index in [-0.39, 0.29) is 12.4 Å². The van der Waals surface area contributed by atoms with E-state index >= 15 is 0 Å². The molecular formula is C9H12ClNO2. The van der Waals surface area contributed by atoms with Gasteiger partial charge in [0.25, 0.3) is 0 Å². The van der Waals surface area contributed by atoms with Crippen LogP contribution in [0.2, 0.25) is 0 Å². The fourth-order valence-electron chi connectivity index (χ4n) is 1.01. The Morgan fingerprint density at radius 3 is 2.62 bits per heavy atom. The first-order valence-electron chi connectivity index (χ1n) is 3.66. The Bertz CT molecular complexity index is 301. The Labute approximate surface area is 83.0 Å². The van der Waals surface area contributed by atoms with Crippen molar-refractivity contribution in [3.05, 3.63) is 35.4 Å². The standard InChI is InChI=1S/C9H11NO2.ClH/c1-6-3-2-4-7(5-6)8(10)9(11)12;/h2-5,8H,10H2,1H3,(H,11,12);1H/t8-;/m0./s1. The smallest absolute Gasteiger partial charge is 0.325 e. The van der Waals surface area contributed by atoms with Crippen LogP contribution in [0.3, 0.4) is 0 Å². The number of nitrogens with two attached hydrogens (primary N) is 1. The van der Waals surface area contributed by atoms with Crippen molar-refractivity contribution in [2.24, 2.45) is 5.73 Å². The molecule has 0 saturated heterocycles. The van der Waals surface area contributed by atoms with Gasteiger partial charge in [0.15, 0.2) is 0 Å². The second-order valence-corrected chi connectivity index (χ2v) is 2.73. The van der Waals surface area contributed by atoms with Crippen LogP contribution >= 0.6 is 12.4 Å². The Morgan fingerprint density at radius 2 is 2.15 bits per heavy atom. The average molecular weight is 202 g/mol. The molecule has 3 nitrogen and oxygen atoms in total. The summed E-state index contributed by atoms with van der Waals surface area (Å²) in [5.41, 5.74) is 7.07. The summed E-state index contributed by atoms with van der Waals surface area (Å²) in [4.78, 5) is 10.5. The molecule has 3 N–H and O–H groups in total. The molecule has 1 atom stereocenters. The highest BCUT2D eigenvalue weighted by atomic mass is 35.5. The second-order valence-electron chi connectivity index (χ2n) is 2.73. The van der Waals surface area contributed by atoms with E-state index in [0.29, 0.717) is 5.56 Å². The molecule has 0 spiro atoms. The van der Waals surface area contributed by atoms with Crippen LogP contribution in [0.25, 0.3) is 0 Å². The molecule has 0 aliphatic carbocycles. The van der Waals surface area contributed by atoms with Crippen molar-refractivity contribution in [3.63, 3.8) is 0 Å². The SMILES string of the molecule is Cc1cccc([C@H](N)C(=O)O)c1.Cl. The quantitative estimate of drug-likeness (QED) is 0.762. The number of rotatable bonds is 2. The van der Waals surface area contributed by atoms with Crippen molar-refractivity contribution < 1.29 is 9.90 Å². The Morgan fingerprint density at radius 1 is 1.54 bits per heavy atom. The molecule has 0 unspecified atom stereocenters. The zero-order chi connectivity index (χ0) is 9.14. The third-order valence-corrected chi connectivity index (χ3v) is 1.67. The lowest BCUT2D eigenvalue weighted by Crippen LogP contribution is -2.20. The maximum Gasteiger partial charge on any atom is 0.325 e. The first-order valence-corrected chi connectivity index (χ1v) is 3.66. The van der Waals surface area contributed by atoms with Crippen molar-refractivity contribution in [2.75, 3.05) is 0 Å². The number of carboxylic acid groups (broad SMARTS) is 1. The van der Waals surface area contributed by atoms with Gasteiger partial charge in [-0.05, 0) is 12.5 Å². The van der Waals surface area contributed by atoms with Gasteiger partial charge in [-0.25, -0.2) is 0 Å². The molecule has 72 valence electrons. The number of aliphatic carboxylic acids is 1. The van der Waals surface area contributed by atoms with Crippen LogP contribution in [0.1, 0.15) is 17.2 Å². The minimum absolute atomic E-state index is 0. The molecule has 0 radical (unpaired) electrons. The summed E-state index contributed by atoms with van der Waals surface area (Å²) in [6.07, 6.45) is 0. The molecule has 0 aliphatic rings. The number of benzene rings is 1. The fourth-order valence-corrected chi connectivity index (χ4v) is 1.01. The predicted molar refractivity (Wildman–Crippen MR) is 53.0 cm³/mol. The average Bonchev–Trinajstić information content (AvgIpc) is 2.03. The predicted octanol–water partition coefficient (Wildman–Crippen LogP) is 1.50. The Balaban J connectivity index is 0.00000144. The van der Waals surface area contributed by atoms with Crippen LogP contribution in [0.15, 0.2) is 24.3 Å². The topological polar surface area (TPSA) is 63.3 Å². The maximum atomic E-state index is 10.5. The van der Waals surface area contributed by atoms with Gasteiger partial charge in [-0.1, -0.05) is 29.8 Å². The largest absolute Gasteiger partial charge is 0.480 e. The van der Waals surface area contributed by atoms with Gasteiger partial charge in [-0.2, -0.15) is 0 Å². The van der Waals surface area contributed by atoms with Crippen LogP contribution in [0, 0.1) is 6.92 Å². The van der Waals surface area contributed by atoms with E-state index in [0.717, 1.165) is 5.56 Å². The van der Waals surface area contributed by atoms with Gasteiger partial charge in [0.1, 0.15) is 6.04 Å². The molecule has 4 heteroatoms. The third-order valence-electron chi connectivity index (χ3n) is 1.67. The van der Waals surface area contributed by atoms with Crippen molar-refractivity contribution in [1.29, 1.82) is 0 Å². The van der Waals surface area contributed by atoms with E-state index in [4.69, 9.17) is 10.8 Å². The van der Waals surface area contributed by atoms with Crippen molar-refractivity contribution >= 4 is 18.4 Å². The number of carbonyl (C=O) groups is 1. The minimum atomic E-state index is -0.999. The summed E-state index contributed by atoms with van der Waals surface area (Å²) in [6, 6.07) is 6.28. The molecule has 0 saturated carbocycles. The van der Waals surface area contributed by atoms with Crippen LogP contribution < -0.4 is 5.73 Å². The lowest BCUT2D eigenvalue weighted by Gasteiger charge is -2.06. The van der Waals surface area contributed by atoms with Gasteiger partial charge in [0, 0.05) is 0 Å². The molecule has 1 aromatic carbocycles. The number of hydrogen-bond donors (Lipinski definition) is 2.